The van der Waals surface area contributed by atoms with Crippen LogP contribution in [-0.4, -0.2) is 29.0 Å². The number of nitrogens with zero attached hydrogens (tertiary/aromatic N) is 1. The van der Waals surface area contributed by atoms with Crippen molar-refractivity contribution >= 4 is 22.5 Å². The minimum absolute atomic E-state index is 0.0626. The molecule has 4 rings (SSSR count). The molecule has 7 heteroatoms. The lowest BCUT2D eigenvalue weighted by molar-refractivity contribution is -0.385. The molecule has 0 aliphatic rings. The first-order chi connectivity index (χ1) is 15.1. The van der Waals surface area contributed by atoms with E-state index < -0.39 is 4.92 Å². The van der Waals surface area contributed by atoms with E-state index in [1.165, 1.54) is 12.1 Å². The molecule has 1 unspecified atom stereocenters. The third-order valence-corrected chi connectivity index (χ3v) is 5.12. The highest BCUT2D eigenvalue weighted by Crippen LogP contribution is 2.30. The van der Waals surface area contributed by atoms with Gasteiger partial charge < -0.3 is 15.0 Å². The number of hydrogen-bond donors (Lipinski definition) is 2. The number of H-pyrrole nitrogens is 1. The largest absolute Gasteiger partial charge is 0.477 e. The van der Waals surface area contributed by atoms with Crippen molar-refractivity contribution in [1.82, 2.24) is 10.3 Å². The van der Waals surface area contributed by atoms with Gasteiger partial charge in [-0.2, -0.15) is 0 Å². The number of carbonyl (C=O) groups is 1. The molecule has 1 aromatic heterocycles. The average molecular weight is 415 g/mol. The van der Waals surface area contributed by atoms with E-state index in [4.69, 9.17) is 4.74 Å². The van der Waals surface area contributed by atoms with Crippen molar-refractivity contribution in [1.29, 1.82) is 0 Å². The van der Waals surface area contributed by atoms with Gasteiger partial charge in [-0.05, 0) is 23.3 Å². The normalized spacial score (nSPS) is 11.7. The van der Waals surface area contributed by atoms with Gasteiger partial charge in [-0.3, -0.25) is 14.9 Å². The Balaban J connectivity index is 1.48. The van der Waals surface area contributed by atoms with Crippen LogP contribution >= 0.6 is 0 Å². The summed E-state index contributed by atoms with van der Waals surface area (Å²) in [6.45, 7) is 0.0607. The molecule has 1 atom stereocenters. The molecule has 31 heavy (non-hydrogen) atoms. The van der Waals surface area contributed by atoms with Crippen molar-refractivity contribution in [3.63, 3.8) is 0 Å². The quantitative estimate of drug-likeness (QED) is 0.329. The van der Waals surface area contributed by atoms with Crippen LogP contribution < -0.4 is 10.1 Å². The standard InChI is InChI=1S/C24H21N3O4/c28-24(16-31-23-13-7-6-12-22(23)27(29)30)26-14-19(17-8-2-1-3-9-17)20-15-25-21-11-5-4-10-18(20)21/h1-13,15,19,25H,14,16H2,(H,26,28). The van der Waals surface area contributed by atoms with Gasteiger partial charge in [0.05, 0.1) is 4.92 Å². The molecule has 7 nitrogen and oxygen atoms in total. The highest BCUT2D eigenvalue weighted by atomic mass is 16.6. The molecule has 0 saturated heterocycles. The molecule has 156 valence electrons. The molecule has 0 fully saturated rings. The molecule has 1 heterocycles. The zero-order chi connectivity index (χ0) is 21.6. The van der Waals surface area contributed by atoms with E-state index in [0.717, 1.165) is 22.0 Å². The van der Waals surface area contributed by atoms with Crippen molar-refractivity contribution in [2.24, 2.45) is 0 Å². The summed E-state index contributed by atoms with van der Waals surface area (Å²) in [4.78, 5) is 26.3. The number of ether oxygens (including phenoxy) is 1. The minimum Gasteiger partial charge on any atom is -0.477 e. The van der Waals surface area contributed by atoms with E-state index in [9.17, 15) is 14.9 Å². The molecule has 0 aliphatic carbocycles. The van der Waals surface area contributed by atoms with Crippen LogP contribution in [0.2, 0.25) is 0 Å². The first-order valence-electron chi connectivity index (χ1n) is 9.87. The fourth-order valence-corrected chi connectivity index (χ4v) is 3.62. The van der Waals surface area contributed by atoms with Crippen LogP contribution in [0, 0.1) is 10.1 Å². The van der Waals surface area contributed by atoms with E-state index in [-0.39, 0.29) is 29.9 Å². The molecule has 4 aromatic rings. The number of hydrogen-bond acceptors (Lipinski definition) is 4. The Hall–Kier alpha value is -4.13. The van der Waals surface area contributed by atoms with Gasteiger partial charge in [-0.1, -0.05) is 60.7 Å². The fraction of sp³-hybridized carbons (Fsp3) is 0.125. The fourth-order valence-electron chi connectivity index (χ4n) is 3.62. The molecule has 0 aliphatic heterocycles. The molecule has 0 bridgehead atoms. The van der Waals surface area contributed by atoms with E-state index in [1.807, 2.05) is 54.7 Å². The second kappa shape index (κ2) is 9.13. The lowest BCUT2D eigenvalue weighted by Crippen LogP contribution is -2.32. The number of amides is 1. The van der Waals surface area contributed by atoms with Gasteiger partial charge in [0.25, 0.3) is 5.91 Å². The molecule has 3 aromatic carbocycles. The van der Waals surface area contributed by atoms with Crippen molar-refractivity contribution in [3.8, 4) is 5.75 Å². The maximum Gasteiger partial charge on any atom is 0.310 e. The number of aromatic amines is 1. The predicted octanol–water partition coefficient (Wildman–Crippen LogP) is 4.40. The number of rotatable bonds is 8. The summed E-state index contributed by atoms with van der Waals surface area (Å²) in [5, 5.41) is 15.1. The van der Waals surface area contributed by atoms with Gasteiger partial charge >= 0.3 is 5.69 Å². The van der Waals surface area contributed by atoms with E-state index >= 15 is 0 Å². The smallest absolute Gasteiger partial charge is 0.310 e. The number of nitro groups is 1. The average Bonchev–Trinajstić information content (AvgIpc) is 3.23. The van der Waals surface area contributed by atoms with Crippen LogP contribution in [0.4, 0.5) is 5.69 Å². The van der Waals surface area contributed by atoms with Crippen LogP contribution in [0.1, 0.15) is 17.0 Å². The van der Waals surface area contributed by atoms with Crippen LogP contribution in [0.25, 0.3) is 10.9 Å². The number of benzene rings is 3. The molecule has 0 saturated carbocycles. The Morgan fingerprint density at radius 2 is 1.71 bits per heavy atom. The van der Waals surface area contributed by atoms with E-state index in [1.54, 1.807) is 12.1 Å². The van der Waals surface area contributed by atoms with Crippen LogP contribution in [0.15, 0.2) is 85.1 Å². The topological polar surface area (TPSA) is 97.3 Å². The summed E-state index contributed by atoms with van der Waals surface area (Å²) in [5.41, 5.74) is 3.02. The second-order valence-corrected chi connectivity index (χ2v) is 7.07. The van der Waals surface area contributed by atoms with Gasteiger partial charge in [0, 0.05) is 35.6 Å². The first-order valence-corrected chi connectivity index (χ1v) is 9.87. The number of nitro benzene ring substituents is 1. The summed E-state index contributed by atoms with van der Waals surface area (Å²) in [5.74, 6) is -0.342. The zero-order valence-corrected chi connectivity index (χ0v) is 16.7. The van der Waals surface area contributed by atoms with Crippen LogP contribution in [0.3, 0.4) is 0 Å². The summed E-state index contributed by atoms with van der Waals surface area (Å²) < 4.78 is 5.40. The maximum absolute atomic E-state index is 12.5. The molecule has 0 spiro atoms. The highest BCUT2D eigenvalue weighted by Gasteiger charge is 2.20. The third-order valence-electron chi connectivity index (χ3n) is 5.12. The number of fused-ring (bicyclic) bond motifs is 1. The number of carbonyl (C=O) groups excluding carboxylic acids is 1. The van der Waals surface area contributed by atoms with Gasteiger partial charge in [0.1, 0.15) is 0 Å². The highest BCUT2D eigenvalue weighted by molar-refractivity contribution is 5.84. The molecule has 2 N–H and O–H groups in total. The summed E-state index contributed by atoms with van der Waals surface area (Å²) in [7, 11) is 0. The van der Waals surface area contributed by atoms with Gasteiger partial charge in [0.15, 0.2) is 12.4 Å². The third kappa shape index (κ3) is 4.56. The Kier molecular flexibility index (Phi) is 5.93. The first kappa shape index (κ1) is 20.2. The van der Waals surface area contributed by atoms with Crippen molar-refractivity contribution in [2.45, 2.75) is 5.92 Å². The lowest BCUT2D eigenvalue weighted by atomic mass is 9.91. The molecular weight excluding hydrogens is 394 g/mol. The van der Waals surface area contributed by atoms with Gasteiger partial charge in [0.2, 0.25) is 0 Å². The summed E-state index contributed by atoms with van der Waals surface area (Å²) >= 11 is 0. The summed E-state index contributed by atoms with van der Waals surface area (Å²) in [6.07, 6.45) is 1.97. The maximum atomic E-state index is 12.5. The van der Waals surface area contributed by atoms with E-state index in [0.29, 0.717) is 6.54 Å². The minimum atomic E-state index is -0.532. The molecule has 1 amide bonds. The predicted molar refractivity (Wildman–Crippen MR) is 118 cm³/mol. The molecular formula is C24H21N3O4. The Labute approximate surface area is 178 Å². The van der Waals surface area contributed by atoms with Crippen molar-refractivity contribution < 1.29 is 14.5 Å². The Bertz CT molecular complexity index is 1200. The second-order valence-electron chi connectivity index (χ2n) is 7.07. The SMILES string of the molecule is O=C(COc1ccccc1[N+](=O)[O-])NCC(c1ccccc1)c1c[nH]c2ccccc12. The number of aromatic nitrogens is 1. The van der Waals surface area contributed by atoms with Gasteiger partial charge in [-0.25, -0.2) is 0 Å². The lowest BCUT2D eigenvalue weighted by Gasteiger charge is -2.18. The number of nitrogens with one attached hydrogen (secondary N) is 2. The zero-order valence-electron chi connectivity index (χ0n) is 16.7. The Morgan fingerprint density at radius 3 is 2.52 bits per heavy atom. The number of para-hydroxylation sites is 3. The van der Waals surface area contributed by atoms with Crippen molar-refractivity contribution in [3.05, 3.63) is 106 Å². The van der Waals surface area contributed by atoms with Crippen LogP contribution in [0.5, 0.6) is 5.75 Å². The van der Waals surface area contributed by atoms with Gasteiger partial charge in [-0.15, -0.1) is 0 Å². The Morgan fingerprint density at radius 1 is 1.00 bits per heavy atom. The van der Waals surface area contributed by atoms with Crippen molar-refractivity contribution in [2.75, 3.05) is 13.2 Å². The van der Waals surface area contributed by atoms with E-state index in [2.05, 4.69) is 16.4 Å². The molecule has 0 radical (unpaired) electrons. The summed E-state index contributed by atoms with van der Waals surface area (Å²) in [6, 6.07) is 24.0. The van der Waals surface area contributed by atoms with Crippen LogP contribution in [-0.2, 0) is 4.79 Å². The monoisotopic (exact) mass is 415 g/mol.